The molecule has 0 radical (unpaired) electrons. The number of ether oxygens (including phenoxy) is 2. The normalized spacial score (nSPS) is 22.5. The summed E-state index contributed by atoms with van der Waals surface area (Å²) in [4.78, 5) is 0. The van der Waals surface area contributed by atoms with Crippen LogP contribution in [0.4, 0.5) is 0 Å². The molecule has 0 heterocycles. The van der Waals surface area contributed by atoms with Crippen molar-refractivity contribution >= 4 is 0 Å². The molecular formula is C15H23NO2. The highest BCUT2D eigenvalue weighted by molar-refractivity contribution is 5.57. The fourth-order valence-corrected chi connectivity index (χ4v) is 3.16. The van der Waals surface area contributed by atoms with E-state index in [4.69, 9.17) is 9.47 Å². The van der Waals surface area contributed by atoms with Crippen molar-refractivity contribution in [2.45, 2.75) is 38.6 Å². The Hall–Kier alpha value is -1.22. The molecular weight excluding hydrogens is 226 g/mol. The van der Waals surface area contributed by atoms with Gasteiger partial charge in [0.25, 0.3) is 0 Å². The van der Waals surface area contributed by atoms with Crippen LogP contribution in [0.5, 0.6) is 11.5 Å². The van der Waals surface area contributed by atoms with Gasteiger partial charge in [0.15, 0.2) is 11.5 Å². The van der Waals surface area contributed by atoms with E-state index >= 15 is 0 Å². The van der Waals surface area contributed by atoms with Gasteiger partial charge in [0.2, 0.25) is 0 Å². The van der Waals surface area contributed by atoms with Crippen molar-refractivity contribution in [3.05, 3.63) is 22.8 Å². The predicted molar refractivity (Wildman–Crippen MR) is 73.7 cm³/mol. The molecule has 1 aliphatic carbocycles. The molecule has 0 bridgehead atoms. The summed E-state index contributed by atoms with van der Waals surface area (Å²) < 4.78 is 11.1. The van der Waals surface area contributed by atoms with E-state index in [9.17, 15) is 0 Å². The average Bonchev–Trinajstić information content (AvgIpc) is 2.38. The molecule has 0 spiro atoms. The Kier molecular flexibility index (Phi) is 3.81. The first-order valence-electron chi connectivity index (χ1n) is 6.56. The van der Waals surface area contributed by atoms with Crippen molar-refractivity contribution in [1.29, 1.82) is 0 Å². The van der Waals surface area contributed by atoms with Crippen molar-refractivity contribution < 1.29 is 9.47 Å². The second kappa shape index (κ2) is 5.19. The van der Waals surface area contributed by atoms with E-state index < -0.39 is 0 Å². The van der Waals surface area contributed by atoms with E-state index in [0.717, 1.165) is 17.9 Å². The summed E-state index contributed by atoms with van der Waals surface area (Å²) in [5, 5.41) is 3.40. The Labute approximate surface area is 109 Å². The van der Waals surface area contributed by atoms with E-state index in [1.54, 1.807) is 14.2 Å². The van der Waals surface area contributed by atoms with Gasteiger partial charge >= 0.3 is 0 Å². The van der Waals surface area contributed by atoms with Crippen molar-refractivity contribution in [1.82, 2.24) is 5.32 Å². The lowest BCUT2D eigenvalue weighted by molar-refractivity contribution is 0.338. The summed E-state index contributed by atoms with van der Waals surface area (Å²) in [6.07, 6.45) is 2.36. The number of methoxy groups -OCH3 is 2. The Morgan fingerprint density at radius 3 is 2.44 bits per heavy atom. The van der Waals surface area contributed by atoms with Crippen LogP contribution in [0.15, 0.2) is 6.07 Å². The fourth-order valence-electron chi connectivity index (χ4n) is 3.16. The zero-order valence-electron chi connectivity index (χ0n) is 12.0. The van der Waals surface area contributed by atoms with Crippen LogP contribution in [0.1, 0.15) is 48.4 Å². The molecule has 1 N–H and O–H groups in total. The maximum atomic E-state index is 5.61. The molecule has 1 aliphatic rings. The molecule has 18 heavy (non-hydrogen) atoms. The third-order valence-electron chi connectivity index (χ3n) is 4.03. The van der Waals surface area contributed by atoms with Gasteiger partial charge in [-0.05, 0) is 49.9 Å². The molecule has 3 nitrogen and oxygen atoms in total. The summed E-state index contributed by atoms with van der Waals surface area (Å²) in [5.41, 5.74) is 4.02. The first-order valence-corrected chi connectivity index (χ1v) is 6.56. The van der Waals surface area contributed by atoms with Crippen LogP contribution in [-0.4, -0.2) is 21.3 Å². The van der Waals surface area contributed by atoms with Crippen LogP contribution >= 0.6 is 0 Å². The van der Waals surface area contributed by atoms with Crippen LogP contribution < -0.4 is 14.8 Å². The van der Waals surface area contributed by atoms with E-state index in [-0.39, 0.29) is 0 Å². The lowest BCUT2D eigenvalue weighted by atomic mass is 9.78. The van der Waals surface area contributed by atoms with Crippen molar-refractivity contribution in [2.75, 3.05) is 21.3 Å². The molecule has 2 atom stereocenters. The Balaban J connectivity index is 2.69. The summed E-state index contributed by atoms with van der Waals surface area (Å²) in [5.74, 6) is 2.32. The number of hydrogen-bond acceptors (Lipinski definition) is 3. The maximum Gasteiger partial charge on any atom is 0.165 e. The molecule has 0 aromatic heterocycles. The zero-order chi connectivity index (χ0) is 13.3. The highest BCUT2D eigenvalue weighted by atomic mass is 16.5. The van der Waals surface area contributed by atoms with Crippen molar-refractivity contribution in [3.63, 3.8) is 0 Å². The minimum Gasteiger partial charge on any atom is -0.493 e. The molecule has 0 saturated carbocycles. The van der Waals surface area contributed by atoms with Crippen molar-refractivity contribution in [2.24, 2.45) is 0 Å². The predicted octanol–water partition coefficient (Wildman–Crippen LogP) is 3.17. The van der Waals surface area contributed by atoms with Gasteiger partial charge < -0.3 is 14.8 Å². The first kappa shape index (κ1) is 13.2. The lowest BCUT2D eigenvalue weighted by Crippen LogP contribution is -2.24. The van der Waals surface area contributed by atoms with Gasteiger partial charge in [-0.25, -0.2) is 0 Å². The molecule has 0 saturated heterocycles. The van der Waals surface area contributed by atoms with E-state index in [0.29, 0.717) is 12.0 Å². The minimum atomic E-state index is 0.361. The second-order valence-electron chi connectivity index (χ2n) is 5.08. The summed E-state index contributed by atoms with van der Waals surface area (Å²) in [6, 6.07) is 2.45. The van der Waals surface area contributed by atoms with Crippen molar-refractivity contribution in [3.8, 4) is 11.5 Å². The third kappa shape index (κ3) is 1.97. The quantitative estimate of drug-likeness (QED) is 0.892. The molecule has 2 rings (SSSR count). The van der Waals surface area contributed by atoms with Crippen LogP contribution in [0.2, 0.25) is 0 Å². The summed E-state index contributed by atoms with van der Waals surface area (Å²) >= 11 is 0. The number of nitrogens with one attached hydrogen (secondary N) is 1. The van der Waals surface area contributed by atoms with Gasteiger partial charge in [0, 0.05) is 11.6 Å². The Bertz CT molecular complexity index is 443. The van der Waals surface area contributed by atoms with Gasteiger partial charge in [-0.2, -0.15) is 0 Å². The monoisotopic (exact) mass is 249 g/mol. The molecule has 100 valence electrons. The van der Waals surface area contributed by atoms with Gasteiger partial charge in [0.05, 0.1) is 14.2 Å². The number of rotatable bonds is 3. The molecule has 0 amide bonds. The Morgan fingerprint density at radius 2 is 1.89 bits per heavy atom. The van der Waals surface area contributed by atoms with Gasteiger partial charge in [0.1, 0.15) is 0 Å². The van der Waals surface area contributed by atoms with E-state index in [1.165, 1.54) is 23.1 Å². The Morgan fingerprint density at radius 1 is 1.17 bits per heavy atom. The topological polar surface area (TPSA) is 30.5 Å². The standard InChI is InChI=1S/C15H23NO2/c1-9-6-7-11(16-3)14-13(9)10(2)8-12(17-4)15(14)18-5/h8-9,11,16H,6-7H2,1-5H3. The van der Waals surface area contributed by atoms with E-state index in [2.05, 4.69) is 25.2 Å². The fraction of sp³-hybridized carbons (Fsp3) is 0.600. The molecule has 1 aromatic rings. The van der Waals surface area contributed by atoms with Gasteiger partial charge in [-0.3, -0.25) is 0 Å². The number of hydrogen-bond donors (Lipinski definition) is 1. The first-order chi connectivity index (χ1) is 8.63. The van der Waals surface area contributed by atoms with Crippen LogP contribution in [0, 0.1) is 6.92 Å². The number of benzene rings is 1. The zero-order valence-corrected chi connectivity index (χ0v) is 12.0. The SMILES string of the molecule is CNC1CCC(C)c2c(C)cc(OC)c(OC)c21. The smallest absolute Gasteiger partial charge is 0.165 e. The van der Waals surface area contributed by atoms with E-state index in [1.807, 2.05) is 7.05 Å². The largest absolute Gasteiger partial charge is 0.493 e. The van der Waals surface area contributed by atoms with Gasteiger partial charge in [-0.1, -0.05) is 6.92 Å². The lowest BCUT2D eigenvalue weighted by Gasteiger charge is -2.33. The summed E-state index contributed by atoms with van der Waals surface area (Å²) in [6.45, 7) is 4.46. The highest BCUT2D eigenvalue weighted by Crippen LogP contribution is 2.47. The van der Waals surface area contributed by atoms with Crippen LogP contribution in [-0.2, 0) is 0 Å². The molecule has 0 fully saturated rings. The number of aryl methyl sites for hydroxylation is 1. The average molecular weight is 249 g/mol. The second-order valence-corrected chi connectivity index (χ2v) is 5.08. The maximum absolute atomic E-state index is 5.61. The number of fused-ring (bicyclic) bond motifs is 1. The highest BCUT2D eigenvalue weighted by Gasteiger charge is 2.30. The molecule has 0 aliphatic heterocycles. The van der Waals surface area contributed by atoms with Crippen LogP contribution in [0.25, 0.3) is 0 Å². The minimum absolute atomic E-state index is 0.361. The molecule has 3 heteroatoms. The van der Waals surface area contributed by atoms with Crippen LogP contribution in [0.3, 0.4) is 0 Å². The molecule has 1 aromatic carbocycles. The van der Waals surface area contributed by atoms with Gasteiger partial charge in [-0.15, -0.1) is 0 Å². The summed E-state index contributed by atoms with van der Waals surface area (Å²) in [7, 11) is 5.43. The third-order valence-corrected chi connectivity index (χ3v) is 4.03. The molecule has 2 unspecified atom stereocenters.